The predicted octanol–water partition coefficient (Wildman–Crippen LogP) is 1.56. The number of ether oxygens (including phenoxy) is 1. The zero-order valence-corrected chi connectivity index (χ0v) is 11.3. The first kappa shape index (κ1) is 14.9. The largest absolute Gasteiger partial charge is 0.459 e. The molecule has 0 aliphatic heterocycles. The number of carbonyl (C=O) groups excluding carboxylic acids is 1. The van der Waals surface area contributed by atoms with Gasteiger partial charge in [0.25, 0.3) is 10.1 Å². The van der Waals surface area contributed by atoms with Crippen molar-refractivity contribution in [2.75, 3.05) is 12.5 Å². The zero-order chi connectivity index (χ0) is 13.6. The molecule has 5 nitrogen and oxygen atoms in total. The van der Waals surface area contributed by atoms with Crippen molar-refractivity contribution in [3.8, 4) is 0 Å². The monoisotopic (exact) mass is 292 g/mol. The van der Waals surface area contributed by atoms with E-state index in [0.29, 0.717) is 0 Å². The molecular weight excluding hydrogens is 280 g/mol. The SMILES string of the molecule is CC(=O)O[C@H](CCl)COS(=O)(=O)c1ccccc1. The first-order valence-corrected chi connectivity index (χ1v) is 7.07. The van der Waals surface area contributed by atoms with Gasteiger partial charge in [-0.05, 0) is 12.1 Å². The second-order valence-electron chi connectivity index (χ2n) is 3.44. The molecule has 0 saturated heterocycles. The van der Waals surface area contributed by atoms with E-state index in [1.165, 1.54) is 19.1 Å². The number of esters is 1. The van der Waals surface area contributed by atoms with E-state index in [1.54, 1.807) is 18.2 Å². The third-order valence-corrected chi connectivity index (χ3v) is 3.59. The fourth-order valence-corrected chi connectivity index (χ4v) is 2.28. The molecule has 0 amide bonds. The molecule has 1 rings (SSSR count). The van der Waals surface area contributed by atoms with Crippen LogP contribution in [0.4, 0.5) is 0 Å². The van der Waals surface area contributed by atoms with Crippen LogP contribution in [0.5, 0.6) is 0 Å². The maximum Gasteiger partial charge on any atom is 0.303 e. The Morgan fingerprint density at radius 1 is 1.33 bits per heavy atom. The van der Waals surface area contributed by atoms with E-state index in [9.17, 15) is 13.2 Å². The summed E-state index contributed by atoms with van der Waals surface area (Å²) in [4.78, 5) is 10.8. The Labute approximate surface area is 111 Å². The lowest BCUT2D eigenvalue weighted by molar-refractivity contribution is -0.146. The topological polar surface area (TPSA) is 69.7 Å². The maximum atomic E-state index is 11.7. The lowest BCUT2D eigenvalue weighted by atomic mass is 10.4. The van der Waals surface area contributed by atoms with Crippen LogP contribution in [0.25, 0.3) is 0 Å². The minimum atomic E-state index is -3.85. The van der Waals surface area contributed by atoms with Gasteiger partial charge < -0.3 is 4.74 Å². The molecule has 7 heteroatoms. The van der Waals surface area contributed by atoms with Crippen molar-refractivity contribution in [1.29, 1.82) is 0 Å². The third-order valence-electron chi connectivity index (χ3n) is 1.95. The molecule has 0 heterocycles. The second kappa shape index (κ2) is 6.72. The summed E-state index contributed by atoms with van der Waals surface area (Å²) in [5.41, 5.74) is 0. The molecule has 100 valence electrons. The summed E-state index contributed by atoms with van der Waals surface area (Å²) in [5, 5.41) is 0. The van der Waals surface area contributed by atoms with Crippen LogP contribution in [0, 0.1) is 0 Å². The van der Waals surface area contributed by atoms with Crippen molar-refractivity contribution < 1.29 is 22.1 Å². The number of rotatable bonds is 6. The van der Waals surface area contributed by atoms with E-state index in [1.807, 2.05) is 0 Å². The standard InChI is InChI=1S/C11H13ClO5S/c1-9(13)17-10(7-12)8-16-18(14,15)11-5-3-2-4-6-11/h2-6,10H,7-8H2,1H3/t10-/m1/s1. The summed E-state index contributed by atoms with van der Waals surface area (Å²) in [5.74, 6) is -0.578. The van der Waals surface area contributed by atoms with Gasteiger partial charge in [-0.1, -0.05) is 18.2 Å². The van der Waals surface area contributed by atoms with Gasteiger partial charge in [0.05, 0.1) is 10.8 Å². The van der Waals surface area contributed by atoms with Crippen molar-refractivity contribution >= 4 is 27.7 Å². The molecule has 0 aromatic heterocycles. The number of hydrogen-bond donors (Lipinski definition) is 0. The van der Waals surface area contributed by atoms with E-state index < -0.39 is 22.2 Å². The normalized spacial score (nSPS) is 13.0. The highest BCUT2D eigenvalue weighted by Crippen LogP contribution is 2.12. The molecular formula is C11H13ClO5S. The van der Waals surface area contributed by atoms with E-state index in [2.05, 4.69) is 0 Å². The fraction of sp³-hybridized carbons (Fsp3) is 0.364. The van der Waals surface area contributed by atoms with Gasteiger partial charge in [0.1, 0.15) is 12.7 Å². The van der Waals surface area contributed by atoms with Crippen LogP contribution in [0.1, 0.15) is 6.92 Å². The van der Waals surface area contributed by atoms with Gasteiger partial charge in [-0.15, -0.1) is 11.6 Å². The Kier molecular flexibility index (Phi) is 5.58. The Balaban J connectivity index is 2.64. The molecule has 0 spiro atoms. The van der Waals surface area contributed by atoms with Gasteiger partial charge in [0.15, 0.2) is 0 Å². The molecule has 1 atom stereocenters. The second-order valence-corrected chi connectivity index (χ2v) is 5.36. The van der Waals surface area contributed by atoms with Crippen molar-refractivity contribution in [3.05, 3.63) is 30.3 Å². The number of carbonyl (C=O) groups is 1. The van der Waals surface area contributed by atoms with Crippen LogP contribution >= 0.6 is 11.6 Å². The average Bonchev–Trinajstić information content (AvgIpc) is 2.35. The van der Waals surface area contributed by atoms with Crippen LogP contribution in [-0.2, 0) is 23.8 Å². The summed E-state index contributed by atoms with van der Waals surface area (Å²) in [6.45, 7) is 0.908. The van der Waals surface area contributed by atoms with Crippen molar-refractivity contribution in [1.82, 2.24) is 0 Å². The Bertz CT molecular complexity index is 485. The average molecular weight is 293 g/mol. The number of benzene rings is 1. The highest BCUT2D eigenvalue weighted by molar-refractivity contribution is 7.86. The van der Waals surface area contributed by atoms with Gasteiger partial charge in [-0.3, -0.25) is 8.98 Å². The van der Waals surface area contributed by atoms with Gasteiger partial charge in [-0.25, -0.2) is 0 Å². The minimum absolute atomic E-state index is 0.0378. The molecule has 0 N–H and O–H groups in total. The first-order chi connectivity index (χ1) is 8.45. The third kappa shape index (κ3) is 4.64. The Morgan fingerprint density at radius 2 is 1.94 bits per heavy atom. The molecule has 0 unspecified atom stereocenters. The molecule has 1 aromatic carbocycles. The van der Waals surface area contributed by atoms with Crippen LogP contribution in [0.15, 0.2) is 35.2 Å². The highest BCUT2D eigenvalue weighted by atomic mass is 35.5. The smallest absolute Gasteiger partial charge is 0.303 e. The first-order valence-electron chi connectivity index (χ1n) is 5.13. The van der Waals surface area contributed by atoms with Gasteiger partial charge in [0.2, 0.25) is 0 Å². The van der Waals surface area contributed by atoms with Crippen LogP contribution in [-0.4, -0.2) is 33.0 Å². The van der Waals surface area contributed by atoms with Crippen molar-refractivity contribution in [2.45, 2.75) is 17.9 Å². The molecule has 1 aromatic rings. The van der Waals surface area contributed by atoms with E-state index in [4.69, 9.17) is 20.5 Å². The highest BCUT2D eigenvalue weighted by Gasteiger charge is 2.19. The summed E-state index contributed by atoms with van der Waals surface area (Å²) < 4.78 is 33.0. The van der Waals surface area contributed by atoms with E-state index >= 15 is 0 Å². The van der Waals surface area contributed by atoms with E-state index in [0.717, 1.165) is 0 Å². The van der Waals surface area contributed by atoms with Crippen molar-refractivity contribution in [2.24, 2.45) is 0 Å². The van der Waals surface area contributed by atoms with Crippen LogP contribution in [0.3, 0.4) is 0 Å². The van der Waals surface area contributed by atoms with Gasteiger partial charge in [0, 0.05) is 6.92 Å². The number of hydrogen-bond acceptors (Lipinski definition) is 5. The zero-order valence-electron chi connectivity index (χ0n) is 9.71. The Morgan fingerprint density at radius 3 is 2.44 bits per heavy atom. The molecule has 0 radical (unpaired) electrons. The molecule has 18 heavy (non-hydrogen) atoms. The lowest BCUT2D eigenvalue weighted by Crippen LogP contribution is -2.25. The summed E-state index contributed by atoms with van der Waals surface area (Å²) >= 11 is 5.53. The van der Waals surface area contributed by atoms with Crippen molar-refractivity contribution in [3.63, 3.8) is 0 Å². The van der Waals surface area contributed by atoms with Gasteiger partial charge in [-0.2, -0.15) is 8.42 Å². The maximum absolute atomic E-state index is 11.7. The molecule has 0 aliphatic rings. The summed E-state index contributed by atoms with van der Waals surface area (Å²) in [6.07, 6.45) is -0.789. The molecule has 0 aliphatic carbocycles. The number of alkyl halides is 1. The van der Waals surface area contributed by atoms with Crippen LogP contribution in [0.2, 0.25) is 0 Å². The summed E-state index contributed by atoms with van der Waals surface area (Å²) in [7, 11) is -3.85. The lowest BCUT2D eigenvalue weighted by Gasteiger charge is -2.14. The fourth-order valence-electron chi connectivity index (χ4n) is 1.17. The predicted molar refractivity (Wildman–Crippen MR) is 65.9 cm³/mol. The number of halogens is 1. The molecule has 0 fully saturated rings. The molecule has 0 bridgehead atoms. The van der Waals surface area contributed by atoms with Crippen LogP contribution < -0.4 is 0 Å². The molecule has 0 saturated carbocycles. The summed E-state index contributed by atoms with van der Waals surface area (Å²) in [6, 6.07) is 7.69. The Hall–Kier alpha value is -1.11. The van der Waals surface area contributed by atoms with E-state index in [-0.39, 0.29) is 17.4 Å². The quantitative estimate of drug-likeness (QED) is 0.452. The van der Waals surface area contributed by atoms with Gasteiger partial charge >= 0.3 is 5.97 Å². The minimum Gasteiger partial charge on any atom is -0.459 e.